The summed E-state index contributed by atoms with van der Waals surface area (Å²) in [6.45, 7) is 1.80. The van der Waals surface area contributed by atoms with E-state index in [0.29, 0.717) is 27.2 Å². The number of carbonyl (C=O) groups excluding carboxylic acids is 1. The van der Waals surface area contributed by atoms with Gasteiger partial charge in [0.1, 0.15) is 5.58 Å². The average Bonchev–Trinajstić information content (AvgIpc) is 2.63. The predicted molar refractivity (Wildman–Crippen MR) is 102 cm³/mol. The van der Waals surface area contributed by atoms with Crippen LogP contribution in [0.2, 0.25) is 5.02 Å². The van der Waals surface area contributed by atoms with E-state index in [1.807, 2.05) is 24.3 Å². The Bertz CT molecular complexity index is 1230. The van der Waals surface area contributed by atoms with Gasteiger partial charge in [-0.25, -0.2) is 0 Å². The van der Waals surface area contributed by atoms with E-state index < -0.39 is 5.91 Å². The number of nitrogens with one attached hydrogen (secondary N) is 1. The highest BCUT2D eigenvalue weighted by Crippen LogP contribution is 2.24. The van der Waals surface area contributed by atoms with E-state index in [1.54, 1.807) is 31.3 Å². The molecule has 0 atom stereocenters. The van der Waals surface area contributed by atoms with Crippen LogP contribution >= 0.6 is 11.6 Å². The Hall–Kier alpha value is -3.18. The minimum absolute atomic E-state index is 0.0721. The van der Waals surface area contributed by atoms with Crippen molar-refractivity contribution in [3.8, 4) is 0 Å². The van der Waals surface area contributed by atoms with E-state index >= 15 is 0 Å². The Kier molecular flexibility index (Phi) is 3.93. The third-order valence-corrected chi connectivity index (χ3v) is 4.52. The van der Waals surface area contributed by atoms with Gasteiger partial charge < -0.3 is 9.73 Å². The van der Waals surface area contributed by atoms with Crippen molar-refractivity contribution < 1.29 is 9.21 Å². The van der Waals surface area contributed by atoms with E-state index in [9.17, 15) is 9.59 Å². The molecule has 0 spiro atoms. The Morgan fingerprint density at radius 1 is 1.15 bits per heavy atom. The summed E-state index contributed by atoms with van der Waals surface area (Å²) in [7, 11) is 0. The first kappa shape index (κ1) is 16.3. The molecular weight excluding hydrogens is 352 g/mol. The van der Waals surface area contributed by atoms with Gasteiger partial charge in [-0.2, -0.15) is 0 Å². The molecular formula is C20H13ClN2O3. The number of carbonyl (C=O) groups is 1. The topological polar surface area (TPSA) is 72.2 Å². The molecule has 4 rings (SSSR count). The first-order valence-electron chi connectivity index (χ1n) is 7.92. The monoisotopic (exact) mass is 364 g/mol. The minimum Gasteiger partial charge on any atom is -0.451 e. The van der Waals surface area contributed by atoms with Crippen molar-refractivity contribution in [2.24, 2.45) is 0 Å². The van der Waals surface area contributed by atoms with E-state index in [0.717, 1.165) is 10.9 Å². The molecule has 0 aliphatic rings. The van der Waals surface area contributed by atoms with Crippen molar-refractivity contribution in [2.45, 2.75) is 6.92 Å². The van der Waals surface area contributed by atoms with Gasteiger partial charge in [-0.3, -0.25) is 14.6 Å². The second-order valence-electron chi connectivity index (χ2n) is 5.91. The molecule has 0 saturated heterocycles. The predicted octanol–water partition coefficient (Wildman–Crippen LogP) is 4.56. The molecule has 0 aliphatic carbocycles. The number of aromatic nitrogens is 1. The Labute approximate surface area is 153 Å². The second-order valence-corrected chi connectivity index (χ2v) is 6.31. The molecule has 5 nitrogen and oxygen atoms in total. The average molecular weight is 365 g/mol. The van der Waals surface area contributed by atoms with Gasteiger partial charge in [0.2, 0.25) is 0 Å². The molecule has 0 fully saturated rings. The number of nitrogens with zero attached hydrogens (tertiary/aromatic N) is 1. The molecule has 0 bridgehead atoms. The third kappa shape index (κ3) is 2.82. The smallest absolute Gasteiger partial charge is 0.291 e. The summed E-state index contributed by atoms with van der Waals surface area (Å²) < 4.78 is 5.63. The number of anilines is 1. The zero-order chi connectivity index (χ0) is 18.3. The molecule has 2 aromatic heterocycles. The highest BCUT2D eigenvalue weighted by Gasteiger charge is 2.15. The van der Waals surface area contributed by atoms with Crippen LogP contribution in [0.5, 0.6) is 0 Å². The summed E-state index contributed by atoms with van der Waals surface area (Å²) in [5, 5.41) is 4.47. The summed E-state index contributed by atoms with van der Waals surface area (Å²) in [6, 6.07) is 13.6. The minimum atomic E-state index is -0.519. The second kappa shape index (κ2) is 6.28. The fourth-order valence-corrected chi connectivity index (χ4v) is 2.94. The number of hydrogen-bond acceptors (Lipinski definition) is 4. The summed E-state index contributed by atoms with van der Waals surface area (Å²) in [4.78, 5) is 29.2. The number of para-hydroxylation sites is 1. The van der Waals surface area contributed by atoms with E-state index in [4.69, 9.17) is 16.0 Å². The molecule has 128 valence electrons. The van der Waals surface area contributed by atoms with E-state index in [2.05, 4.69) is 10.3 Å². The third-order valence-electron chi connectivity index (χ3n) is 4.11. The number of amides is 1. The number of rotatable bonds is 2. The van der Waals surface area contributed by atoms with Gasteiger partial charge in [-0.1, -0.05) is 29.8 Å². The van der Waals surface area contributed by atoms with Crippen LogP contribution in [0, 0.1) is 6.92 Å². The largest absolute Gasteiger partial charge is 0.451 e. The van der Waals surface area contributed by atoms with Crippen molar-refractivity contribution in [1.29, 1.82) is 0 Å². The molecule has 0 radical (unpaired) electrons. The van der Waals surface area contributed by atoms with Crippen molar-refractivity contribution in [2.75, 3.05) is 5.32 Å². The number of halogens is 1. The van der Waals surface area contributed by atoms with Gasteiger partial charge in [0.25, 0.3) is 5.91 Å². The number of aryl methyl sites for hydroxylation is 1. The van der Waals surface area contributed by atoms with Gasteiger partial charge in [0.05, 0.1) is 16.6 Å². The van der Waals surface area contributed by atoms with Crippen molar-refractivity contribution >= 4 is 45.1 Å². The fraction of sp³-hybridized carbons (Fsp3) is 0.0500. The van der Waals surface area contributed by atoms with Gasteiger partial charge in [-0.15, -0.1) is 0 Å². The summed E-state index contributed by atoms with van der Waals surface area (Å²) in [6.07, 6.45) is 1.65. The highest BCUT2D eigenvalue weighted by atomic mass is 35.5. The normalized spacial score (nSPS) is 11.0. The van der Waals surface area contributed by atoms with Crippen molar-refractivity contribution in [3.63, 3.8) is 0 Å². The Morgan fingerprint density at radius 2 is 1.96 bits per heavy atom. The Balaban J connectivity index is 1.76. The standard InChI is InChI=1S/C20H13ClN2O3/c1-11-8-17-13(9-14(11)21)16(24)10-18(26-17)20(25)23-15-6-2-4-12-5-3-7-22-19(12)15/h2-10H,1H3,(H,23,25). The van der Waals surface area contributed by atoms with Crippen LogP contribution in [-0.2, 0) is 0 Å². The molecule has 6 heteroatoms. The zero-order valence-corrected chi connectivity index (χ0v) is 14.5. The quantitative estimate of drug-likeness (QED) is 0.566. The summed E-state index contributed by atoms with van der Waals surface area (Å²) >= 11 is 6.06. The van der Waals surface area contributed by atoms with Crippen molar-refractivity contribution in [1.82, 2.24) is 4.98 Å². The lowest BCUT2D eigenvalue weighted by Crippen LogP contribution is -2.15. The number of benzene rings is 2. The van der Waals surface area contributed by atoms with Crippen molar-refractivity contribution in [3.05, 3.63) is 81.3 Å². The molecule has 0 aliphatic heterocycles. The molecule has 0 saturated carbocycles. The number of hydrogen-bond donors (Lipinski definition) is 1. The maximum Gasteiger partial charge on any atom is 0.291 e. The van der Waals surface area contributed by atoms with Gasteiger partial charge >= 0.3 is 0 Å². The zero-order valence-electron chi connectivity index (χ0n) is 13.7. The maximum absolute atomic E-state index is 12.6. The highest BCUT2D eigenvalue weighted by molar-refractivity contribution is 6.32. The van der Waals surface area contributed by atoms with Gasteiger partial charge in [0.15, 0.2) is 11.2 Å². The van der Waals surface area contributed by atoms with Crippen LogP contribution in [0.3, 0.4) is 0 Å². The first-order valence-corrected chi connectivity index (χ1v) is 8.30. The lowest BCUT2D eigenvalue weighted by Gasteiger charge is -2.08. The molecule has 1 amide bonds. The summed E-state index contributed by atoms with van der Waals surface area (Å²) in [5.74, 6) is -0.591. The van der Waals surface area contributed by atoms with Gasteiger partial charge in [0, 0.05) is 22.7 Å². The maximum atomic E-state index is 12.6. The van der Waals surface area contributed by atoms with Crippen LogP contribution in [-0.4, -0.2) is 10.9 Å². The Morgan fingerprint density at radius 3 is 2.81 bits per heavy atom. The number of fused-ring (bicyclic) bond motifs is 2. The number of pyridine rings is 1. The van der Waals surface area contributed by atoms with Crippen LogP contribution in [0.1, 0.15) is 16.1 Å². The summed E-state index contributed by atoms with van der Waals surface area (Å²) in [5.41, 5.74) is 1.96. The van der Waals surface area contributed by atoms with E-state index in [1.165, 1.54) is 6.07 Å². The molecule has 4 aromatic rings. The molecule has 26 heavy (non-hydrogen) atoms. The molecule has 0 unspecified atom stereocenters. The van der Waals surface area contributed by atoms with Gasteiger partial charge in [-0.05, 0) is 36.8 Å². The molecule has 2 heterocycles. The first-order chi connectivity index (χ1) is 12.5. The SMILES string of the molecule is Cc1cc2oc(C(=O)Nc3cccc4cccnc34)cc(=O)c2cc1Cl. The lowest BCUT2D eigenvalue weighted by atomic mass is 10.1. The van der Waals surface area contributed by atoms with E-state index in [-0.39, 0.29) is 11.2 Å². The van der Waals surface area contributed by atoms with Crippen LogP contribution in [0.4, 0.5) is 5.69 Å². The molecule has 1 N–H and O–H groups in total. The fourth-order valence-electron chi connectivity index (χ4n) is 2.78. The lowest BCUT2D eigenvalue weighted by molar-refractivity contribution is 0.0997. The van der Waals surface area contributed by atoms with Crippen LogP contribution in [0.15, 0.2) is 63.9 Å². The van der Waals surface area contributed by atoms with Crippen LogP contribution in [0.25, 0.3) is 21.9 Å². The molecule has 2 aromatic carbocycles. The van der Waals surface area contributed by atoms with Crippen LogP contribution < -0.4 is 10.7 Å².